The first kappa shape index (κ1) is 17.4. The molecule has 1 N–H and O–H groups in total. The number of carbonyl (C=O) groups is 1. The molecule has 1 heterocycles. The third-order valence-electron chi connectivity index (χ3n) is 3.85. The number of allylic oxidation sites excluding steroid dienone is 1. The lowest BCUT2D eigenvalue weighted by molar-refractivity contribution is 0.0504. The predicted molar refractivity (Wildman–Crippen MR) is 93.0 cm³/mol. The summed E-state index contributed by atoms with van der Waals surface area (Å²) in [5.74, 6) is 0.627. The van der Waals surface area contributed by atoms with Crippen LogP contribution < -0.4 is 5.32 Å². The zero-order valence-corrected chi connectivity index (χ0v) is 14.8. The van der Waals surface area contributed by atoms with Crippen molar-refractivity contribution in [2.45, 2.75) is 45.8 Å². The number of benzene rings is 1. The minimum Gasteiger partial charge on any atom is -0.444 e. The monoisotopic (exact) mass is 316 g/mol. The largest absolute Gasteiger partial charge is 0.444 e. The van der Waals surface area contributed by atoms with Crippen molar-refractivity contribution >= 4 is 6.09 Å². The molecule has 0 saturated carbocycles. The van der Waals surface area contributed by atoms with Crippen molar-refractivity contribution in [1.82, 2.24) is 10.2 Å². The van der Waals surface area contributed by atoms with Gasteiger partial charge in [0.15, 0.2) is 0 Å². The Bertz CT molecular complexity index is 560. The highest BCUT2D eigenvalue weighted by atomic mass is 16.6. The summed E-state index contributed by atoms with van der Waals surface area (Å²) >= 11 is 0. The van der Waals surface area contributed by atoms with E-state index in [4.69, 9.17) is 4.74 Å². The van der Waals surface area contributed by atoms with Gasteiger partial charge in [0.25, 0.3) is 0 Å². The first-order chi connectivity index (χ1) is 10.8. The Morgan fingerprint density at radius 1 is 1.30 bits per heavy atom. The summed E-state index contributed by atoms with van der Waals surface area (Å²) in [6.07, 6.45) is 2.86. The molecule has 4 heteroatoms. The Labute approximate surface area is 139 Å². The van der Waals surface area contributed by atoms with Crippen molar-refractivity contribution in [3.63, 3.8) is 0 Å². The lowest BCUT2D eigenvalue weighted by Gasteiger charge is -2.35. The van der Waals surface area contributed by atoms with E-state index in [0.29, 0.717) is 5.92 Å². The van der Waals surface area contributed by atoms with Crippen LogP contribution in [0, 0.1) is 5.92 Å². The van der Waals surface area contributed by atoms with E-state index in [1.54, 1.807) is 0 Å². The Morgan fingerprint density at radius 3 is 2.52 bits per heavy atom. The molecule has 2 atom stereocenters. The number of alkyl carbamates (subject to hydrolysis) is 1. The number of likely N-dealkylation sites (N-methyl/N-ethyl adjacent to an activating group) is 1. The summed E-state index contributed by atoms with van der Waals surface area (Å²) < 4.78 is 5.44. The van der Waals surface area contributed by atoms with Crippen LogP contribution in [0.2, 0.25) is 0 Å². The van der Waals surface area contributed by atoms with Crippen molar-refractivity contribution in [2.75, 3.05) is 13.6 Å². The Morgan fingerprint density at radius 2 is 1.96 bits per heavy atom. The van der Waals surface area contributed by atoms with Crippen LogP contribution in [0.1, 0.15) is 45.7 Å². The zero-order chi connectivity index (χ0) is 17.0. The summed E-state index contributed by atoms with van der Waals surface area (Å²) in [6.45, 7) is 8.85. The highest BCUT2D eigenvalue weighted by Crippen LogP contribution is 2.29. The van der Waals surface area contributed by atoms with Crippen LogP contribution in [0.3, 0.4) is 0 Å². The van der Waals surface area contributed by atoms with Crippen LogP contribution in [0.4, 0.5) is 4.79 Å². The smallest absolute Gasteiger partial charge is 0.408 e. The molecule has 0 fully saturated rings. The molecule has 1 unspecified atom stereocenters. The second-order valence-corrected chi connectivity index (χ2v) is 7.34. The van der Waals surface area contributed by atoms with E-state index >= 15 is 0 Å². The number of carbonyl (C=O) groups excluding carboxylic acids is 1. The van der Waals surface area contributed by atoms with Gasteiger partial charge in [0.05, 0.1) is 6.04 Å². The summed E-state index contributed by atoms with van der Waals surface area (Å²) in [6, 6.07) is 9.85. The van der Waals surface area contributed by atoms with Gasteiger partial charge >= 0.3 is 6.09 Å². The molecule has 0 saturated heterocycles. The van der Waals surface area contributed by atoms with E-state index in [-0.39, 0.29) is 12.1 Å². The normalized spacial score (nSPS) is 19.8. The molecule has 0 radical (unpaired) electrons. The lowest BCUT2D eigenvalue weighted by atomic mass is 9.95. The summed E-state index contributed by atoms with van der Waals surface area (Å²) in [4.78, 5) is 14.5. The molecule has 0 bridgehead atoms. The SMILES string of the molecule is CC1CC=C([C@@H](NC(=O)OC(C)(C)C)c2ccccc2)N(C)C1. The van der Waals surface area contributed by atoms with Gasteiger partial charge in [-0.2, -0.15) is 0 Å². The van der Waals surface area contributed by atoms with Gasteiger partial charge in [0.2, 0.25) is 0 Å². The van der Waals surface area contributed by atoms with Crippen molar-refractivity contribution in [3.05, 3.63) is 47.7 Å². The van der Waals surface area contributed by atoms with Gasteiger partial charge in [-0.25, -0.2) is 4.79 Å². The maximum Gasteiger partial charge on any atom is 0.408 e. The molecule has 0 aromatic heterocycles. The summed E-state index contributed by atoms with van der Waals surface area (Å²) in [5, 5.41) is 3.03. The van der Waals surface area contributed by atoms with E-state index in [9.17, 15) is 4.79 Å². The molecule has 1 aromatic rings. The highest BCUT2D eigenvalue weighted by molar-refractivity contribution is 5.69. The third-order valence-corrected chi connectivity index (χ3v) is 3.85. The third kappa shape index (κ3) is 5.02. The Balaban J connectivity index is 2.25. The number of rotatable bonds is 3. The lowest BCUT2D eigenvalue weighted by Crippen LogP contribution is -2.40. The van der Waals surface area contributed by atoms with Gasteiger partial charge in [-0.3, -0.25) is 0 Å². The standard InChI is InChI=1S/C19H28N2O2/c1-14-11-12-16(21(5)13-14)17(15-9-7-6-8-10-15)20-18(22)23-19(2,3)4/h6-10,12,14,17H,11,13H2,1-5H3,(H,20,22)/t14?,17-/m0/s1. The van der Waals surface area contributed by atoms with Gasteiger partial charge in [-0.15, -0.1) is 0 Å². The quantitative estimate of drug-likeness (QED) is 0.912. The second-order valence-electron chi connectivity index (χ2n) is 7.34. The second kappa shape index (κ2) is 7.07. The maximum atomic E-state index is 12.3. The molecule has 23 heavy (non-hydrogen) atoms. The first-order valence-corrected chi connectivity index (χ1v) is 8.22. The van der Waals surface area contributed by atoms with E-state index in [1.165, 1.54) is 0 Å². The number of hydrogen-bond acceptors (Lipinski definition) is 3. The average Bonchev–Trinajstić information content (AvgIpc) is 2.44. The molecule has 2 rings (SSSR count). The van der Waals surface area contributed by atoms with Crippen LogP contribution in [-0.4, -0.2) is 30.2 Å². The zero-order valence-electron chi connectivity index (χ0n) is 14.8. The molecule has 1 aliphatic heterocycles. The fourth-order valence-electron chi connectivity index (χ4n) is 2.86. The minimum atomic E-state index is -0.507. The number of amides is 1. The van der Waals surface area contributed by atoms with E-state index in [0.717, 1.165) is 24.2 Å². The van der Waals surface area contributed by atoms with E-state index < -0.39 is 5.60 Å². The molecular formula is C19H28N2O2. The fraction of sp³-hybridized carbons (Fsp3) is 0.526. The van der Waals surface area contributed by atoms with Crippen molar-refractivity contribution in [3.8, 4) is 0 Å². The van der Waals surface area contributed by atoms with Gasteiger partial charge in [0.1, 0.15) is 5.60 Å². The number of ether oxygens (including phenoxy) is 1. The van der Waals surface area contributed by atoms with E-state index in [1.807, 2.05) is 51.1 Å². The molecule has 126 valence electrons. The molecule has 0 aliphatic carbocycles. The maximum absolute atomic E-state index is 12.3. The average molecular weight is 316 g/mol. The van der Waals surface area contributed by atoms with Crippen LogP contribution in [0.25, 0.3) is 0 Å². The van der Waals surface area contributed by atoms with Gasteiger partial charge in [0, 0.05) is 19.3 Å². The van der Waals surface area contributed by atoms with Gasteiger partial charge < -0.3 is 15.0 Å². The molecule has 1 aromatic carbocycles. The molecule has 1 amide bonds. The fourth-order valence-corrected chi connectivity index (χ4v) is 2.86. The summed E-state index contributed by atoms with van der Waals surface area (Å²) in [7, 11) is 2.08. The first-order valence-electron chi connectivity index (χ1n) is 8.22. The van der Waals surface area contributed by atoms with Crippen molar-refractivity contribution in [2.24, 2.45) is 5.92 Å². The van der Waals surface area contributed by atoms with Crippen LogP contribution in [-0.2, 0) is 4.74 Å². The summed E-state index contributed by atoms with van der Waals surface area (Å²) in [5.41, 5.74) is 1.68. The Kier molecular flexibility index (Phi) is 5.34. The van der Waals surface area contributed by atoms with Gasteiger partial charge in [-0.05, 0) is 38.7 Å². The number of nitrogens with zero attached hydrogens (tertiary/aromatic N) is 1. The van der Waals surface area contributed by atoms with Crippen LogP contribution in [0.5, 0.6) is 0 Å². The number of hydrogen-bond donors (Lipinski definition) is 1. The molecule has 1 aliphatic rings. The number of nitrogens with one attached hydrogen (secondary N) is 1. The highest BCUT2D eigenvalue weighted by Gasteiger charge is 2.27. The van der Waals surface area contributed by atoms with Crippen LogP contribution in [0.15, 0.2) is 42.1 Å². The van der Waals surface area contributed by atoms with Crippen molar-refractivity contribution < 1.29 is 9.53 Å². The topological polar surface area (TPSA) is 41.6 Å². The molecule has 0 spiro atoms. The molecule has 4 nitrogen and oxygen atoms in total. The van der Waals surface area contributed by atoms with E-state index in [2.05, 4.69) is 30.3 Å². The van der Waals surface area contributed by atoms with Gasteiger partial charge in [-0.1, -0.05) is 43.3 Å². The Hall–Kier alpha value is -1.97. The molecular weight excluding hydrogens is 288 g/mol. The predicted octanol–water partition coefficient (Wildman–Crippen LogP) is 4.11. The van der Waals surface area contributed by atoms with Crippen molar-refractivity contribution in [1.29, 1.82) is 0 Å². The van der Waals surface area contributed by atoms with Crippen LogP contribution >= 0.6 is 0 Å². The minimum absolute atomic E-state index is 0.191.